The lowest BCUT2D eigenvalue weighted by Gasteiger charge is -2.51. The Morgan fingerprint density at radius 2 is 2.23 bits per heavy atom. The molecule has 1 saturated heterocycles. The number of aliphatic hydroxyl groups is 1. The molecule has 7 atom stereocenters. The minimum absolute atomic E-state index is 0.0305. The molecule has 2 fully saturated rings. The number of halogens is 1. The van der Waals surface area contributed by atoms with Crippen molar-refractivity contribution in [1.29, 1.82) is 0 Å². The van der Waals surface area contributed by atoms with Crippen molar-refractivity contribution in [3.05, 3.63) is 45.8 Å². The average molecular weight is 393 g/mol. The molecular formula is C20H25ClN2O2S. The van der Waals surface area contributed by atoms with Crippen LogP contribution in [0.25, 0.3) is 0 Å². The molecule has 2 heterocycles. The topological polar surface area (TPSA) is 75.3 Å². The van der Waals surface area contributed by atoms with Gasteiger partial charge in [0, 0.05) is 22.9 Å². The van der Waals surface area contributed by atoms with Gasteiger partial charge in [-0.3, -0.25) is 4.79 Å². The van der Waals surface area contributed by atoms with Gasteiger partial charge in [-0.15, -0.1) is 11.8 Å². The van der Waals surface area contributed by atoms with Gasteiger partial charge in [0.2, 0.25) is 5.91 Å². The normalized spacial score (nSPS) is 38.6. The van der Waals surface area contributed by atoms with E-state index in [1.165, 1.54) is 0 Å². The Morgan fingerprint density at radius 3 is 2.96 bits per heavy atom. The highest BCUT2D eigenvalue weighted by Crippen LogP contribution is 2.51. The van der Waals surface area contributed by atoms with Crippen LogP contribution in [0.4, 0.5) is 0 Å². The summed E-state index contributed by atoms with van der Waals surface area (Å²) in [6.45, 7) is 2.69. The Bertz CT molecular complexity index is 741. The van der Waals surface area contributed by atoms with Crippen LogP contribution in [0.15, 0.2) is 29.7 Å². The van der Waals surface area contributed by atoms with Crippen molar-refractivity contribution in [2.75, 3.05) is 6.54 Å². The zero-order valence-corrected chi connectivity index (χ0v) is 16.3. The lowest BCUT2D eigenvalue weighted by molar-refractivity contribution is -0.128. The van der Waals surface area contributed by atoms with Crippen molar-refractivity contribution in [2.24, 2.45) is 23.5 Å². The van der Waals surface area contributed by atoms with E-state index in [1.807, 2.05) is 17.5 Å². The second kappa shape index (κ2) is 7.19. The van der Waals surface area contributed by atoms with Gasteiger partial charge in [-0.05, 0) is 53.8 Å². The van der Waals surface area contributed by atoms with Crippen LogP contribution in [0.5, 0.6) is 0 Å². The molecule has 26 heavy (non-hydrogen) atoms. The number of hydrogen-bond donors (Lipinski definition) is 3. The van der Waals surface area contributed by atoms with Gasteiger partial charge in [-0.2, -0.15) is 0 Å². The number of carbonyl (C=O) groups excluding carboxylic acids is 1. The molecule has 0 aromatic heterocycles. The number of nitrogens with one attached hydrogen (secondary N) is 1. The van der Waals surface area contributed by atoms with Crippen LogP contribution in [0, 0.1) is 17.8 Å². The third-order valence-corrected chi connectivity index (χ3v) is 7.72. The fourth-order valence-electron chi connectivity index (χ4n) is 5.05. The third kappa shape index (κ3) is 2.99. The fraction of sp³-hybridized carbons (Fsp3) is 0.550. The number of fused-ring (bicyclic) bond motifs is 3. The summed E-state index contributed by atoms with van der Waals surface area (Å²) in [4.78, 5) is 12.5. The standard InChI is InChI=1S/C20H25ClN2O2S/c1-10-8-15(24)16(12-3-2-11(4-6-22)14(21)9-12)17-13-5-7-26-19(13)20(25)23-18(10)17/h2-3,5,7,9-10,13,15-19,24H,4,6,8,22H2,1H3,(H,23,25). The van der Waals surface area contributed by atoms with Gasteiger partial charge < -0.3 is 16.2 Å². The first kappa shape index (κ1) is 18.4. The van der Waals surface area contributed by atoms with Gasteiger partial charge in [-0.25, -0.2) is 0 Å². The molecular weight excluding hydrogens is 368 g/mol. The highest BCUT2D eigenvalue weighted by atomic mass is 35.5. The molecule has 6 heteroatoms. The maximum absolute atomic E-state index is 12.5. The van der Waals surface area contributed by atoms with Crippen LogP contribution in [0.3, 0.4) is 0 Å². The Balaban J connectivity index is 1.73. The largest absolute Gasteiger partial charge is 0.392 e. The van der Waals surface area contributed by atoms with Crippen molar-refractivity contribution in [3.8, 4) is 0 Å². The van der Waals surface area contributed by atoms with Crippen LogP contribution in [-0.4, -0.2) is 35.0 Å². The molecule has 1 amide bonds. The summed E-state index contributed by atoms with van der Waals surface area (Å²) in [6.07, 6.45) is 3.16. The molecule has 4 rings (SSSR count). The molecule has 7 unspecified atom stereocenters. The minimum atomic E-state index is -0.433. The van der Waals surface area contributed by atoms with E-state index in [2.05, 4.69) is 24.4 Å². The first-order valence-electron chi connectivity index (χ1n) is 9.30. The predicted octanol–water partition coefficient (Wildman–Crippen LogP) is 2.69. The summed E-state index contributed by atoms with van der Waals surface area (Å²) >= 11 is 8.08. The van der Waals surface area contributed by atoms with E-state index in [-0.39, 0.29) is 40.9 Å². The molecule has 0 bridgehead atoms. The van der Waals surface area contributed by atoms with E-state index in [0.717, 1.165) is 17.5 Å². The first-order valence-corrected chi connectivity index (χ1v) is 10.6. The molecule has 1 aromatic rings. The molecule has 3 aliphatic rings. The second-order valence-electron chi connectivity index (χ2n) is 7.77. The Kier molecular flexibility index (Phi) is 5.08. The SMILES string of the molecule is CC1CC(O)C(c2ccc(CCN)c(Cl)c2)C2C3C=CSC3C(=O)NC12. The van der Waals surface area contributed by atoms with E-state index < -0.39 is 6.10 Å². The zero-order valence-electron chi connectivity index (χ0n) is 14.8. The summed E-state index contributed by atoms with van der Waals surface area (Å²) < 4.78 is 0. The smallest absolute Gasteiger partial charge is 0.234 e. The Labute approximate surface area is 163 Å². The van der Waals surface area contributed by atoms with Crippen molar-refractivity contribution in [3.63, 3.8) is 0 Å². The van der Waals surface area contributed by atoms with Crippen LogP contribution >= 0.6 is 23.4 Å². The van der Waals surface area contributed by atoms with Gasteiger partial charge in [0.25, 0.3) is 0 Å². The van der Waals surface area contributed by atoms with E-state index in [1.54, 1.807) is 11.8 Å². The molecule has 4 N–H and O–H groups in total. The molecule has 1 saturated carbocycles. The molecule has 4 nitrogen and oxygen atoms in total. The van der Waals surface area contributed by atoms with Crippen LogP contribution in [0.1, 0.15) is 30.4 Å². The number of nitrogens with two attached hydrogens (primary N) is 1. The number of allylic oxidation sites excluding steroid dienone is 1. The maximum Gasteiger partial charge on any atom is 0.234 e. The molecule has 0 radical (unpaired) electrons. The van der Waals surface area contributed by atoms with E-state index in [9.17, 15) is 9.90 Å². The Hall–Kier alpha value is -1.01. The number of carbonyl (C=O) groups is 1. The Morgan fingerprint density at radius 1 is 1.42 bits per heavy atom. The monoisotopic (exact) mass is 392 g/mol. The van der Waals surface area contributed by atoms with Gasteiger partial charge in [0.05, 0.1) is 11.4 Å². The van der Waals surface area contributed by atoms with Gasteiger partial charge >= 0.3 is 0 Å². The number of hydrogen-bond acceptors (Lipinski definition) is 4. The number of aliphatic hydroxyl groups excluding tert-OH is 1. The highest BCUT2D eigenvalue weighted by molar-refractivity contribution is 8.03. The molecule has 0 spiro atoms. The number of benzene rings is 1. The first-order chi connectivity index (χ1) is 12.5. The molecule has 1 aliphatic carbocycles. The minimum Gasteiger partial charge on any atom is -0.392 e. The fourth-order valence-corrected chi connectivity index (χ4v) is 6.42. The molecule has 140 valence electrons. The van der Waals surface area contributed by atoms with Crippen LogP contribution in [-0.2, 0) is 11.2 Å². The lowest BCUT2D eigenvalue weighted by Crippen LogP contribution is -2.62. The number of rotatable bonds is 3. The summed E-state index contributed by atoms with van der Waals surface area (Å²) in [5.41, 5.74) is 7.76. The molecule has 1 aromatic carbocycles. The van der Waals surface area contributed by atoms with Gasteiger partial charge in [-0.1, -0.05) is 36.7 Å². The van der Waals surface area contributed by atoms with Crippen LogP contribution in [0.2, 0.25) is 5.02 Å². The summed E-state index contributed by atoms with van der Waals surface area (Å²) in [7, 11) is 0. The van der Waals surface area contributed by atoms with E-state index in [0.29, 0.717) is 18.0 Å². The average Bonchev–Trinajstić information content (AvgIpc) is 3.09. The van der Waals surface area contributed by atoms with Crippen LogP contribution < -0.4 is 11.1 Å². The number of piperidine rings is 1. The highest BCUT2D eigenvalue weighted by Gasteiger charge is 2.53. The van der Waals surface area contributed by atoms with Crippen molar-refractivity contribution < 1.29 is 9.90 Å². The van der Waals surface area contributed by atoms with Crippen molar-refractivity contribution >= 4 is 29.3 Å². The number of thioether (sulfide) groups is 1. The summed E-state index contributed by atoms with van der Waals surface area (Å²) in [5, 5.41) is 16.9. The van der Waals surface area contributed by atoms with Crippen molar-refractivity contribution in [1.82, 2.24) is 5.32 Å². The zero-order chi connectivity index (χ0) is 18.4. The van der Waals surface area contributed by atoms with Gasteiger partial charge in [0.1, 0.15) is 0 Å². The third-order valence-electron chi connectivity index (χ3n) is 6.23. The van der Waals surface area contributed by atoms with Gasteiger partial charge in [0.15, 0.2) is 0 Å². The summed E-state index contributed by atoms with van der Waals surface area (Å²) in [6, 6.07) is 6.19. The number of amides is 1. The van der Waals surface area contributed by atoms with E-state index in [4.69, 9.17) is 17.3 Å². The van der Waals surface area contributed by atoms with E-state index >= 15 is 0 Å². The van der Waals surface area contributed by atoms with Crippen molar-refractivity contribution in [2.45, 2.75) is 43.1 Å². The molecule has 2 aliphatic heterocycles. The summed E-state index contributed by atoms with van der Waals surface area (Å²) in [5.74, 6) is 0.687. The lowest BCUT2D eigenvalue weighted by atomic mass is 9.60. The second-order valence-corrected chi connectivity index (χ2v) is 9.23. The quantitative estimate of drug-likeness (QED) is 0.739. The predicted molar refractivity (Wildman–Crippen MR) is 106 cm³/mol. The maximum atomic E-state index is 12.5.